The average molecular weight is 282 g/mol. The number of nitrogens with zero attached hydrogens (tertiary/aromatic N) is 2. The molecule has 0 radical (unpaired) electrons. The number of aromatic amines is 1. The highest BCUT2D eigenvalue weighted by atomic mass is 32.2. The van der Waals surface area contributed by atoms with Gasteiger partial charge in [-0.2, -0.15) is 5.10 Å². The molecular weight excluding hydrogens is 268 g/mol. The maximum atomic E-state index is 12.1. The van der Waals surface area contributed by atoms with Crippen molar-refractivity contribution in [3.05, 3.63) is 40.6 Å². The molecule has 0 spiro atoms. The van der Waals surface area contributed by atoms with Crippen LogP contribution in [0.2, 0.25) is 0 Å². The first-order chi connectivity index (χ1) is 8.92. The molecule has 19 heavy (non-hydrogen) atoms. The van der Waals surface area contributed by atoms with Crippen LogP contribution in [0, 0.1) is 0 Å². The van der Waals surface area contributed by atoms with E-state index in [1.807, 2.05) is 6.92 Å². The van der Waals surface area contributed by atoms with Gasteiger partial charge in [0.25, 0.3) is 10.0 Å². The van der Waals surface area contributed by atoms with Crippen LogP contribution in [0.5, 0.6) is 0 Å². The SMILES string of the molecule is CCc1nn(C)cc1NS(=O)(=O)c1ccc(=O)[nH]c1. The lowest BCUT2D eigenvalue weighted by atomic mass is 10.3. The van der Waals surface area contributed by atoms with Gasteiger partial charge in [0.05, 0.1) is 11.4 Å². The predicted octanol–water partition coefficient (Wildman–Crippen LogP) is 0.472. The molecule has 0 saturated heterocycles. The molecule has 0 amide bonds. The number of hydrogen-bond acceptors (Lipinski definition) is 4. The number of pyridine rings is 1. The summed E-state index contributed by atoms with van der Waals surface area (Å²) in [7, 11) is -2.00. The second-order valence-electron chi connectivity index (χ2n) is 4.01. The molecule has 7 nitrogen and oxygen atoms in total. The van der Waals surface area contributed by atoms with E-state index in [1.165, 1.54) is 12.1 Å². The number of rotatable bonds is 4. The van der Waals surface area contributed by atoms with Crippen molar-refractivity contribution < 1.29 is 8.42 Å². The van der Waals surface area contributed by atoms with Gasteiger partial charge in [0.1, 0.15) is 4.90 Å². The standard InChI is InChI=1S/C11H14N4O3S/c1-3-9-10(7-15(2)13-9)14-19(17,18)8-4-5-11(16)12-6-8/h4-7,14H,3H2,1-2H3,(H,12,16). The van der Waals surface area contributed by atoms with Gasteiger partial charge in [-0.15, -0.1) is 0 Å². The summed E-state index contributed by atoms with van der Waals surface area (Å²) in [5.74, 6) is 0. The van der Waals surface area contributed by atoms with Gasteiger partial charge in [-0.1, -0.05) is 6.92 Å². The minimum absolute atomic E-state index is 0.00185. The third-order valence-electron chi connectivity index (χ3n) is 2.55. The summed E-state index contributed by atoms with van der Waals surface area (Å²) >= 11 is 0. The van der Waals surface area contributed by atoms with Gasteiger partial charge in [0.15, 0.2) is 0 Å². The van der Waals surface area contributed by atoms with Gasteiger partial charge in [-0.05, 0) is 12.5 Å². The monoisotopic (exact) mass is 282 g/mol. The van der Waals surface area contributed by atoms with Crippen LogP contribution >= 0.6 is 0 Å². The molecule has 2 rings (SSSR count). The maximum Gasteiger partial charge on any atom is 0.263 e. The Morgan fingerprint density at radius 1 is 1.42 bits per heavy atom. The molecule has 2 heterocycles. The summed E-state index contributed by atoms with van der Waals surface area (Å²) in [6.45, 7) is 1.89. The fourth-order valence-electron chi connectivity index (χ4n) is 1.65. The van der Waals surface area contributed by atoms with E-state index < -0.39 is 10.0 Å². The van der Waals surface area contributed by atoms with Crippen molar-refractivity contribution in [1.29, 1.82) is 0 Å². The van der Waals surface area contributed by atoms with Crippen LogP contribution in [0.15, 0.2) is 34.2 Å². The molecule has 0 bridgehead atoms. The highest BCUT2D eigenvalue weighted by molar-refractivity contribution is 7.92. The van der Waals surface area contributed by atoms with E-state index in [-0.39, 0.29) is 10.5 Å². The zero-order valence-electron chi connectivity index (χ0n) is 10.5. The molecule has 0 aliphatic carbocycles. The third kappa shape index (κ3) is 2.84. The summed E-state index contributed by atoms with van der Waals surface area (Å²) in [6, 6.07) is 2.42. The van der Waals surface area contributed by atoms with Crippen LogP contribution in [0.4, 0.5) is 5.69 Å². The zero-order chi connectivity index (χ0) is 14.0. The minimum Gasteiger partial charge on any atom is -0.328 e. The van der Waals surface area contributed by atoms with E-state index in [9.17, 15) is 13.2 Å². The zero-order valence-corrected chi connectivity index (χ0v) is 11.4. The molecule has 0 aliphatic heterocycles. The van der Waals surface area contributed by atoms with Crippen LogP contribution in [-0.2, 0) is 23.5 Å². The third-order valence-corrected chi connectivity index (χ3v) is 3.91. The molecule has 0 saturated carbocycles. The number of H-pyrrole nitrogens is 1. The number of aromatic nitrogens is 3. The fourth-order valence-corrected chi connectivity index (χ4v) is 2.69. The van der Waals surface area contributed by atoms with Crippen LogP contribution in [0.3, 0.4) is 0 Å². The Balaban J connectivity index is 2.35. The highest BCUT2D eigenvalue weighted by Crippen LogP contribution is 2.18. The lowest BCUT2D eigenvalue weighted by Gasteiger charge is -2.06. The smallest absolute Gasteiger partial charge is 0.263 e. The first-order valence-corrected chi connectivity index (χ1v) is 7.15. The summed E-state index contributed by atoms with van der Waals surface area (Å²) in [6.07, 6.45) is 3.37. The molecule has 102 valence electrons. The van der Waals surface area contributed by atoms with Gasteiger partial charge in [0.2, 0.25) is 5.56 Å². The minimum atomic E-state index is -3.72. The topological polar surface area (TPSA) is 96.8 Å². The van der Waals surface area contributed by atoms with E-state index in [0.717, 1.165) is 6.20 Å². The van der Waals surface area contributed by atoms with E-state index in [2.05, 4.69) is 14.8 Å². The number of hydrogen-bond donors (Lipinski definition) is 2. The molecule has 2 aromatic rings. The number of aryl methyl sites for hydroxylation is 2. The number of nitrogens with one attached hydrogen (secondary N) is 2. The van der Waals surface area contributed by atoms with Crippen molar-refractivity contribution in [3.8, 4) is 0 Å². The molecular formula is C11H14N4O3S. The van der Waals surface area contributed by atoms with Crippen LogP contribution < -0.4 is 10.3 Å². The molecule has 0 aromatic carbocycles. The van der Waals surface area contributed by atoms with Crippen LogP contribution in [0.1, 0.15) is 12.6 Å². The molecule has 0 fully saturated rings. The van der Waals surface area contributed by atoms with Crippen molar-refractivity contribution in [2.75, 3.05) is 4.72 Å². The summed E-state index contributed by atoms with van der Waals surface area (Å²) in [4.78, 5) is 13.3. The summed E-state index contributed by atoms with van der Waals surface area (Å²) in [5.41, 5.74) is 0.751. The van der Waals surface area contributed by atoms with Crippen molar-refractivity contribution in [2.45, 2.75) is 18.2 Å². The molecule has 2 aromatic heterocycles. The molecule has 0 aliphatic rings. The second kappa shape index (κ2) is 4.88. The Morgan fingerprint density at radius 3 is 2.74 bits per heavy atom. The van der Waals surface area contributed by atoms with Crippen molar-refractivity contribution in [1.82, 2.24) is 14.8 Å². The van der Waals surface area contributed by atoms with E-state index in [1.54, 1.807) is 17.9 Å². The van der Waals surface area contributed by atoms with Crippen molar-refractivity contribution >= 4 is 15.7 Å². The highest BCUT2D eigenvalue weighted by Gasteiger charge is 2.17. The Hall–Kier alpha value is -2.09. The summed E-state index contributed by atoms with van der Waals surface area (Å²) in [5, 5.41) is 4.15. The maximum absolute atomic E-state index is 12.1. The molecule has 0 unspecified atom stereocenters. The Kier molecular flexibility index (Phi) is 3.43. The largest absolute Gasteiger partial charge is 0.328 e. The Morgan fingerprint density at radius 2 is 2.16 bits per heavy atom. The first-order valence-electron chi connectivity index (χ1n) is 5.66. The van der Waals surface area contributed by atoms with Crippen LogP contribution in [-0.4, -0.2) is 23.2 Å². The Labute approximate surface area is 110 Å². The van der Waals surface area contributed by atoms with Gasteiger partial charge < -0.3 is 4.98 Å². The van der Waals surface area contributed by atoms with E-state index in [4.69, 9.17) is 0 Å². The normalized spacial score (nSPS) is 11.5. The second-order valence-corrected chi connectivity index (χ2v) is 5.69. The lowest BCUT2D eigenvalue weighted by molar-refractivity contribution is 0.600. The average Bonchev–Trinajstić information content (AvgIpc) is 2.69. The molecule has 0 atom stereocenters. The predicted molar refractivity (Wildman–Crippen MR) is 70.5 cm³/mol. The quantitative estimate of drug-likeness (QED) is 0.852. The van der Waals surface area contributed by atoms with Gasteiger partial charge in [-0.3, -0.25) is 14.2 Å². The van der Waals surface area contributed by atoms with Crippen LogP contribution in [0.25, 0.3) is 0 Å². The van der Waals surface area contributed by atoms with Crippen molar-refractivity contribution in [2.24, 2.45) is 7.05 Å². The molecule has 2 N–H and O–H groups in total. The first kappa shape index (κ1) is 13.3. The van der Waals surface area contributed by atoms with Gasteiger partial charge in [-0.25, -0.2) is 8.42 Å². The lowest BCUT2D eigenvalue weighted by Crippen LogP contribution is -2.15. The molecule has 8 heteroatoms. The van der Waals surface area contributed by atoms with Crippen molar-refractivity contribution in [3.63, 3.8) is 0 Å². The van der Waals surface area contributed by atoms with Gasteiger partial charge >= 0.3 is 0 Å². The Bertz CT molecular complexity index is 725. The van der Waals surface area contributed by atoms with Gasteiger partial charge in [0, 0.05) is 25.5 Å². The number of sulfonamides is 1. The van der Waals surface area contributed by atoms with E-state index in [0.29, 0.717) is 17.8 Å². The summed E-state index contributed by atoms with van der Waals surface area (Å²) < 4.78 is 28.2. The van der Waals surface area contributed by atoms with E-state index >= 15 is 0 Å². The fraction of sp³-hybridized carbons (Fsp3) is 0.273. The number of anilines is 1.